The molecular weight excluding hydrogens is 449 g/mol. The molecule has 1 aromatic carbocycles. The fourth-order valence-corrected chi connectivity index (χ4v) is 5.47. The Balaban J connectivity index is 2.64. The largest absolute Gasteiger partial charge is 0.395 e. The minimum absolute atomic E-state index is 0.177. The Bertz CT molecular complexity index is 1180. The zero-order chi connectivity index (χ0) is 23.6. The number of aromatic amines is 1. The van der Waals surface area contributed by atoms with Crippen LogP contribution < -0.4 is 11.2 Å². The fraction of sp³-hybridized carbons (Fsp3) is 0.444. The van der Waals surface area contributed by atoms with Crippen molar-refractivity contribution in [1.82, 2.24) is 13.9 Å². The molecule has 0 fully saturated rings. The SMILES string of the molecule is Cc1ccc(S(=O)(=O)N(Cn2cc(C(C)C)c(=O)[nH]c2=O)C(CO)CP(=O)(O)O)cc1. The molecule has 0 aliphatic carbocycles. The predicted octanol–water partition coefficient (Wildman–Crippen LogP) is 0.155. The number of rotatable bonds is 9. The zero-order valence-corrected chi connectivity index (χ0v) is 19.0. The summed E-state index contributed by atoms with van der Waals surface area (Å²) in [7, 11) is -9.10. The van der Waals surface area contributed by atoms with Crippen LogP contribution in [0.2, 0.25) is 0 Å². The number of aliphatic hydroxyl groups is 1. The first-order chi connectivity index (χ1) is 14.3. The fourth-order valence-electron chi connectivity index (χ4n) is 2.94. The molecule has 31 heavy (non-hydrogen) atoms. The van der Waals surface area contributed by atoms with Gasteiger partial charge in [-0.1, -0.05) is 31.5 Å². The first-order valence-corrected chi connectivity index (χ1v) is 12.6. The topological polar surface area (TPSA) is 170 Å². The molecule has 1 heterocycles. The van der Waals surface area contributed by atoms with E-state index < -0.39 is 54.3 Å². The molecule has 11 nitrogen and oxygen atoms in total. The molecule has 0 radical (unpaired) electrons. The van der Waals surface area contributed by atoms with Crippen LogP contribution in [0, 0.1) is 6.92 Å². The Kier molecular flexibility index (Phi) is 7.79. The maximum absolute atomic E-state index is 13.3. The lowest BCUT2D eigenvalue weighted by Crippen LogP contribution is -2.47. The maximum atomic E-state index is 13.3. The maximum Gasteiger partial charge on any atom is 0.329 e. The molecule has 0 saturated heterocycles. The number of sulfonamides is 1. The van der Waals surface area contributed by atoms with Crippen LogP contribution in [0.25, 0.3) is 0 Å². The van der Waals surface area contributed by atoms with E-state index in [0.717, 1.165) is 10.1 Å². The highest BCUT2D eigenvalue weighted by atomic mass is 32.2. The second-order valence-corrected chi connectivity index (χ2v) is 11.1. The van der Waals surface area contributed by atoms with Crippen molar-refractivity contribution < 1.29 is 27.9 Å². The smallest absolute Gasteiger partial charge is 0.329 e. The quantitative estimate of drug-likeness (QED) is 0.372. The standard InChI is InChI=1S/C18H26N3O8PS/c1-12(2)16-8-20(18(24)19-17(16)23)11-21(14(9-22)10-30(25,26)27)31(28,29)15-6-4-13(3)5-7-15/h4-8,12,14,22H,9-11H2,1-3H3,(H,19,23,24)(H2,25,26,27). The van der Waals surface area contributed by atoms with E-state index >= 15 is 0 Å². The van der Waals surface area contributed by atoms with Crippen molar-refractivity contribution in [2.24, 2.45) is 0 Å². The van der Waals surface area contributed by atoms with Crippen LogP contribution in [0.15, 0.2) is 44.9 Å². The van der Waals surface area contributed by atoms with Crippen molar-refractivity contribution in [3.8, 4) is 0 Å². The summed E-state index contributed by atoms with van der Waals surface area (Å²) in [6, 6.07) is 4.21. The van der Waals surface area contributed by atoms with Gasteiger partial charge >= 0.3 is 13.3 Å². The summed E-state index contributed by atoms with van der Waals surface area (Å²) in [6.45, 7) is 3.61. The molecule has 0 aliphatic heterocycles. The van der Waals surface area contributed by atoms with Gasteiger partial charge in [0.15, 0.2) is 0 Å². The second-order valence-electron chi connectivity index (χ2n) is 7.50. The molecule has 0 bridgehead atoms. The lowest BCUT2D eigenvalue weighted by Gasteiger charge is -2.30. The van der Waals surface area contributed by atoms with Crippen LogP contribution in [0.1, 0.15) is 30.9 Å². The number of benzene rings is 1. The van der Waals surface area contributed by atoms with Crippen molar-refractivity contribution in [3.63, 3.8) is 0 Å². The Morgan fingerprint density at radius 3 is 2.23 bits per heavy atom. The van der Waals surface area contributed by atoms with E-state index in [0.29, 0.717) is 4.31 Å². The lowest BCUT2D eigenvalue weighted by molar-refractivity contribution is 0.172. The van der Waals surface area contributed by atoms with E-state index in [-0.39, 0.29) is 16.4 Å². The van der Waals surface area contributed by atoms with Crippen LogP contribution in [-0.4, -0.2) is 56.0 Å². The summed E-state index contributed by atoms with van der Waals surface area (Å²) < 4.78 is 39.8. The van der Waals surface area contributed by atoms with Crippen molar-refractivity contribution in [2.45, 2.75) is 44.3 Å². The number of nitrogens with one attached hydrogen (secondary N) is 1. The number of H-pyrrole nitrogens is 1. The Morgan fingerprint density at radius 1 is 1.16 bits per heavy atom. The lowest BCUT2D eigenvalue weighted by atomic mass is 10.1. The Morgan fingerprint density at radius 2 is 1.74 bits per heavy atom. The highest BCUT2D eigenvalue weighted by Crippen LogP contribution is 2.37. The molecule has 0 aliphatic rings. The predicted molar refractivity (Wildman–Crippen MR) is 113 cm³/mol. The van der Waals surface area contributed by atoms with Crippen molar-refractivity contribution >= 4 is 17.6 Å². The Hall–Kier alpha value is -2.08. The van der Waals surface area contributed by atoms with Gasteiger partial charge < -0.3 is 14.9 Å². The molecule has 2 aromatic rings. The first kappa shape index (κ1) is 25.2. The summed E-state index contributed by atoms with van der Waals surface area (Å²) >= 11 is 0. The monoisotopic (exact) mass is 475 g/mol. The van der Waals surface area contributed by atoms with E-state index in [4.69, 9.17) is 0 Å². The van der Waals surface area contributed by atoms with Gasteiger partial charge in [-0.3, -0.25) is 18.9 Å². The average molecular weight is 475 g/mol. The molecular formula is C18H26N3O8PS. The van der Waals surface area contributed by atoms with Gasteiger partial charge in [0.25, 0.3) is 5.56 Å². The highest BCUT2D eigenvalue weighted by Gasteiger charge is 2.35. The van der Waals surface area contributed by atoms with Gasteiger partial charge in [-0.05, 0) is 25.0 Å². The summed E-state index contributed by atoms with van der Waals surface area (Å²) in [5, 5.41) is 9.75. The molecule has 1 atom stereocenters. The van der Waals surface area contributed by atoms with E-state index in [1.807, 2.05) is 0 Å². The number of hydrogen-bond donors (Lipinski definition) is 4. The van der Waals surface area contributed by atoms with Crippen LogP contribution in [0.3, 0.4) is 0 Å². The molecule has 172 valence electrons. The molecule has 0 amide bonds. The third-order valence-corrected chi connectivity index (χ3v) is 7.44. The van der Waals surface area contributed by atoms with Crippen LogP contribution in [0.5, 0.6) is 0 Å². The first-order valence-electron chi connectivity index (χ1n) is 9.34. The van der Waals surface area contributed by atoms with Gasteiger partial charge in [-0.2, -0.15) is 4.31 Å². The van der Waals surface area contributed by atoms with Gasteiger partial charge in [-0.25, -0.2) is 13.2 Å². The van der Waals surface area contributed by atoms with E-state index in [1.54, 1.807) is 32.9 Å². The molecule has 2 rings (SSSR count). The number of aryl methyl sites for hydroxylation is 1. The van der Waals surface area contributed by atoms with Gasteiger partial charge in [0.05, 0.1) is 30.4 Å². The van der Waals surface area contributed by atoms with Gasteiger partial charge in [0.2, 0.25) is 10.0 Å². The van der Waals surface area contributed by atoms with E-state index in [9.17, 15) is 37.5 Å². The molecule has 0 spiro atoms. The van der Waals surface area contributed by atoms with Crippen LogP contribution in [-0.2, 0) is 21.3 Å². The third-order valence-electron chi connectivity index (χ3n) is 4.65. The number of aliphatic hydroxyl groups excluding tert-OH is 1. The van der Waals surface area contributed by atoms with E-state index in [2.05, 4.69) is 4.98 Å². The Labute approximate surface area is 179 Å². The average Bonchev–Trinajstić information content (AvgIpc) is 2.65. The van der Waals surface area contributed by atoms with Crippen LogP contribution in [0.4, 0.5) is 0 Å². The molecule has 1 aromatic heterocycles. The third kappa shape index (κ3) is 6.22. The summed E-state index contributed by atoms with van der Waals surface area (Å²) in [5.41, 5.74) is -0.495. The zero-order valence-electron chi connectivity index (χ0n) is 17.3. The highest BCUT2D eigenvalue weighted by molar-refractivity contribution is 7.89. The summed E-state index contributed by atoms with van der Waals surface area (Å²) in [6.07, 6.45) is 0.249. The minimum Gasteiger partial charge on any atom is -0.395 e. The van der Waals surface area contributed by atoms with Crippen molar-refractivity contribution in [3.05, 3.63) is 62.4 Å². The molecule has 0 saturated carbocycles. The summed E-state index contributed by atoms with van der Waals surface area (Å²) in [4.78, 5) is 45.0. The molecule has 4 N–H and O–H groups in total. The minimum atomic E-state index is -4.72. The van der Waals surface area contributed by atoms with Gasteiger partial charge in [0, 0.05) is 11.8 Å². The molecule has 13 heteroatoms. The van der Waals surface area contributed by atoms with Crippen molar-refractivity contribution in [2.75, 3.05) is 12.8 Å². The van der Waals surface area contributed by atoms with Crippen molar-refractivity contribution in [1.29, 1.82) is 0 Å². The van der Waals surface area contributed by atoms with Gasteiger partial charge in [0.1, 0.15) is 0 Å². The number of nitrogens with zero attached hydrogens (tertiary/aromatic N) is 2. The van der Waals surface area contributed by atoms with Crippen LogP contribution >= 0.6 is 7.60 Å². The molecule has 1 unspecified atom stereocenters. The van der Waals surface area contributed by atoms with Gasteiger partial charge in [-0.15, -0.1) is 0 Å². The number of aromatic nitrogens is 2. The van der Waals surface area contributed by atoms with E-state index in [1.165, 1.54) is 18.3 Å². The normalized spacial score (nSPS) is 13.7. The number of hydrogen-bond acceptors (Lipinski definition) is 6. The summed E-state index contributed by atoms with van der Waals surface area (Å²) in [5.74, 6) is -0.276. The second kappa shape index (κ2) is 9.60.